The molecule has 0 aromatic rings. The minimum absolute atomic E-state index is 0.811. The van der Waals surface area contributed by atoms with Crippen LogP contribution < -0.4 is 0 Å². The number of halogens is 1. The van der Waals surface area contributed by atoms with Gasteiger partial charge in [-0.15, -0.1) is 0 Å². The Morgan fingerprint density at radius 2 is 1.85 bits per heavy atom. The van der Waals surface area contributed by atoms with Gasteiger partial charge in [0.2, 0.25) is 0 Å². The molecule has 0 N–H and O–H groups in total. The van der Waals surface area contributed by atoms with Crippen LogP contribution in [0.5, 0.6) is 0 Å². The molecule has 1 aliphatic carbocycles. The predicted molar refractivity (Wildman–Crippen MR) is 66.9 cm³/mol. The first-order valence-corrected chi connectivity index (χ1v) is 7.52. The molecule has 0 nitrogen and oxygen atoms in total. The average molecular weight is 265 g/mol. The largest absolute Gasteiger partial charge is 0.154 e. The highest BCUT2D eigenvalue weighted by atomic mass is 79.9. The van der Waals surface area contributed by atoms with E-state index in [1.54, 1.807) is 0 Å². The lowest BCUT2D eigenvalue weighted by molar-refractivity contribution is 0.512. The van der Waals surface area contributed by atoms with Gasteiger partial charge in [-0.2, -0.15) is 11.8 Å². The molecule has 0 saturated heterocycles. The minimum atomic E-state index is 0.811. The highest BCUT2D eigenvalue weighted by molar-refractivity contribution is 9.09. The van der Waals surface area contributed by atoms with Crippen LogP contribution in [0.1, 0.15) is 46.0 Å². The molecule has 0 bridgehead atoms. The molecular formula is C11H21BrS. The Morgan fingerprint density at radius 3 is 2.31 bits per heavy atom. The van der Waals surface area contributed by atoms with E-state index in [0.29, 0.717) is 0 Å². The Balaban J connectivity index is 2.27. The molecular weight excluding hydrogens is 244 g/mol. The van der Waals surface area contributed by atoms with Crippen LogP contribution in [0.4, 0.5) is 0 Å². The molecule has 1 rings (SSSR count). The summed E-state index contributed by atoms with van der Waals surface area (Å²) in [5.41, 5.74) is 0. The van der Waals surface area contributed by atoms with Crippen LogP contribution in [-0.4, -0.2) is 15.8 Å². The third kappa shape index (κ3) is 4.24. The van der Waals surface area contributed by atoms with Crippen molar-refractivity contribution in [1.29, 1.82) is 0 Å². The summed E-state index contributed by atoms with van der Waals surface area (Å²) in [5, 5.41) is 2.94. The molecule has 0 aliphatic heterocycles. The van der Waals surface area contributed by atoms with Gasteiger partial charge in [-0.1, -0.05) is 49.0 Å². The topological polar surface area (TPSA) is 0 Å². The lowest BCUT2D eigenvalue weighted by atomic mass is 10.0. The van der Waals surface area contributed by atoms with Crippen molar-refractivity contribution in [3.63, 3.8) is 0 Å². The van der Waals surface area contributed by atoms with E-state index in [4.69, 9.17) is 0 Å². The van der Waals surface area contributed by atoms with Crippen molar-refractivity contribution in [2.45, 2.75) is 56.5 Å². The second-order valence-corrected chi connectivity index (χ2v) is 6.52. The maximum atomic E-state index is 3.62. The van der Waals surface area contributed by atoms with Crippen molar-refractivity contribution in [1.82, 2.24) is 0 Å². The summed E-state index contributed by atoms with van der Waals surface area (Å²) < 4.78 is 0. The molecule has 1 fully saturated rings. The van der Waals surface area contributed by atoms with Crippen molar-refractivity contribution in [2.24, 2.45) is 5.92 Å². The van der Waals surface area contributed by atoms with Gasteiger partial charge in [0.15, 0.2) is 0 Å². The van der Waals surface area contributed by atoms with Gasteiger partial charge in [0, 0.05) is 15.8 Å². The average Bonchev–Trinajstić information content (AvgIpc) is 2.15. The van der Waals surface area contributed by atoms with Crippen LogP contribution >= 0.6 is 27.7 Å². The highest BCUT2D eigenvalue weighted by Gasteiger charge is 2.20. The van der Waals surface area contributed by atoms with Gasteiger partial charge < -0.3 is 0 Å². The van der Waals surface area contributed by atoms with E-state index in [0.717, 1.165) is 21.7 Å². The Morgan fingerprint density at radius 1 is 1.23 bits per heavy atom. The zero-order chi connectivity index (χ0) is 9.68. The Bertz CT molecular complexity index is 130. The fourth-order valence-electron chi connectivity index (χ4n) is 1.82. The summed E-state index contributed by atoms with van der Waals surface area (Å²) in [5.74, 6) is 0.811. The molecule has 0 aromatic carbocycles. The van der Waals surface area contributed by atoms with E-state index >= 15 is 0 Å². The number of hydrogen-bond acceptors (Lipinski definition) is 1. The van der Waals surface area contributed by atoms with E-state index in [2.05, 4.69) is 41.5 Å². The molecule has 13 heavy (non-hydrogen) atoms. The van der Waals surface area contributed by atoms with E-state index in [-0.39, 0.29) is 0 Å². The second kappa shape index (κ2) is 6.34. The third-order valence-electron chi connectivity index (χ3n) is 2.82. The first kappa shape index (κ1) is 11.9. The van der Waals surface area contributed by atoms with Crippen LogP contribution in [-0.2, 0) is 0 Å². The summed E-state index contributed by atoms with van der Waals surface area (Å²) in [6.07, 6.45) is 7.31. The summed E-state index contributed by atoms with van der Waals surface area (Å²) in [4.78, 5) is 0. The Labute approximate surface area is 95.4 Å². The fourth-order valence-corrected chi connectivity index (χ4v) is 4.51. The molecule has 1 atom stereocenters. The molecule has 1 unspecified atom stereocenters. The monoisotopic (exact) mass is 264 g/mol. The number of hydrogen-bond donors (Lipinski definition) is 0. The summed E-state index contributed by atoms with van der Waals surface area (Å²) >= 11 is 5.85. The van der Waals surface area contributed by atoms with Gasteiger partial charge in [-0.3, -0.25) is 0 Å². The number of thioether (sulfide) groups is 1. The lowest BCUT2D eigenvalue weighted by Crippen LogP contribution is -2.19. The summed E-state index contributed by atoms with van der Waals surface area (Å²) in [7, 11) is 0. The van der Waals surface area contributed by atoms with E-state index in [1.807, 2.05) is 0 Å². The molecule has 1 saturated carbocycles. The molecule has 0 radical (unpaired) electrons. The van der Waals surface area contributed by atoms with E-state index < -0.39 is 0 Å². The standard InChI is InChI=1S/C11H21BrS/c1-9(2)11(8-12)13-10-6-4-3-5-7-10/h9-11H,3-8H2,1-2H3. The molecule has 0 aromatic heterocycles. The first-order chi connectivity index (χ1) is 6.24. The Kier molecular flexibility index (Phi) is 5.80. The number of rotatable bonds is 4. The normalized spacial score (nSPS) is 22.2. The van der Waals surface area contributed by atoms with Crippen molar-refractivity contribution >= 4 is 27.7 Å². The molecule has 0 amide bonds. The Hall–Kier alpha value is 0.830. The minimum Gasteiger partial charge on any atom is -0.154 e. The van der Waals surface area contributed by atoms with E-state index in [9.17, 15) is 0 Å². The SMILES string of the molecule is CC(C)C(CBr)SC1CCCCC1. The first-order valence-electron chi connectivity index (χ1n) is 5.45. The van der Waals surface area contributed by atoms with Crippen LogP contribution in [0, 0.1) is 5.92 Å². The third-order valence-corrected chi connectivity index (χ3v) is 5.86. The lowest BCUT2D eigenvalue weighted by Gasteiger charge is -2.27. The summed E-state index contributed by atoms with van der Waals surface area (Å²) in [6, 6.07) is 0. The van der Waals surface area contributed by atoms with Gasteiger partial charge in [0.1, 0.15) is 0 Å². The summed E-state index contributed by atoms with van der Waals surface area (Å²) in [6.45, 7) is 4.67. The quantitative estimate of drug-likeness (QED) is 0.676. The van der Waals surface area contributed by atoms with Gasteiger partial charge in [0.25, 0.3) is 0 Å². The van der Waals surface area contributed by atoms with Crippen molar-refractivity contribution in [3.05, 3.63) is 0 Å². The maximum Gasteiger partial charge on any atom is 0.0170 e. The van der Waals surface area contributed by atoms with E-state index in [1.165, 1.54) is 32.1 Å². The van der Waals surface area contributed by atoms with Crippen LogP contribution in [0.25, 0.3) is 0 Å². The molecule has 0 spiro atoms. The molecule has 78 valence electrons. The van der Waals surface area contributed by atoms with Crippen LogP contribution in [0.2, 0.25) is 0 Å². The zero-order valence-corrected chi connectivity index (χ0v) is 11.2. The van der Waals surface area contributed by atoms with Gasteiger partial charge >= 0.3 is 0 Å². The van der Waals surface area contributed by atoms with Crippen molar-refractivity contribution in [2.75, 3.05) is 5.33 Å². The maximum absolute atomic E-state index is 3.62. The molecule has 0 heterocycles. The predicted octanol–water partition coefficient (Wildman–Crippen LogP) is 4.47. The number of alkyl halides is 1. The fraction of sp³-hybridized carbons (Fsp3) is 1.00. The van der Waals surface area contributed by atoms with Crippen molar-refractivity contribution in [3.8, 4) is 0 Å². The van der Waals surface area contributed by atoms with Crippen LogP contribution in [0.3, 0.4) is 0 Å². The molecule has 1 aliphatic rings. The van der Waals surface area contributed by atoms with Crippen LogP contribution in [0.15, 0.2) is 0 Å². The van der Waals surface area contributed by atoms with Crippen molar-refractivity contribution < 1.29 is 0 Å². The second-order valence-electron chi connectivity index (χ2n) is 4.33. The van der Waals surface area contributed by atoms with Gasteiger partial charge in [-0.25, -0.2) is 0 Å². The highest BCUT2D eigenvalue weighted by Crippen LogP contribution is 2.34. The van der Waals surface area contributed by atoms with Gasteiger partial charge in [-0.05, 0) is 18.8 Å². The zero-order valence-electron chi connectivity index (χ0n) is 8.76. The smallest absolute Gasteiger partial charge is 0.0170 e. The molecule has 2 heteroatoms. The van der Waals surface area contributed by atoms with Gasteiger partial charge in [0.05, 0.1) is 0 Å².